The number of guanidine groups is 1. The van der Waals surface area contributed by atoms with Crippen molar-refractivity contribution in [3.8, 4) is 17.0 Å². The minimum absolute atomic E-state index is 0.114. The quantitative estimate of drug-likeness (QED) is 0.638. The number of nitrogens with one attached hydrogen (secondary N) is 1. The number of nitrogens with zero attached hydrogens (tertiary/aromatic N) is 3. The van der Waals surface area contributed by atoms with E-state index in [9.17, 15) is 18.0 Å². The summed E-state index contributed by atoms with van der Waals surface area (Å²) in [6.07, 6.45) is 0.00197. The number of ether oxygens (including phenoxy) is 1. The normalized spacial score (nSPS) is 18.6. The predicted octanol–water partition coefficient (Wildman–Crippen LogP) is 1.46. The van der Waals surface area contributed by atoms with Gasteiger partial charge in [0.15, 0.2) is 0 Å². The molecule has 4 rings (SSSR count). The fourth-order valence-corrected chi connectivity index (χ4v) is 3.71. The highest BCUT2D eigenvalue weighted by molar-refractivity contribution is 6.03. The number of aryl methyl sites for hydroxylation is 1. The summed E-state index contributed by atoms with van der Waals surface area (Å²) < 4.78 is 42.2. The van der Waals surface area contributed by atoms with Gasteiger partial charge >= 0.3 is 18.2 Å². The van der Waals surface area contributed by atoms with Crippen LogP contribution >= 0.6 is 0 Å². The second-order valence-electron chi connectivity index (χ2n) is 7.32. The average Bonchev–Trinajstić information content (AvgIpc) is 3.00. The first-order chi connectivity index (χ1) is 15.1. The standard InChI is InChI=1S/C22H18F3N5O2/c1-13-10-15(5-6-18(13)32-22(23,24)25)21(19(31)30(2)20(26)29-21)16-7-9-28-17(11-16)14-4-3-8-27-12-14/h3-12H,1-2H3,(H2,26,29)/p+1. The van der Waals surface area contributed by atoms with Crippen molar-refractivity contribution in [3.05, 3.63) is 77.7 Å². The van der Waals surface area contributed by atoms with E-state index in [0.29, 0.717) is 16.8 Å². The van der Waals surface area contributed by atoms with Crippen molar-refractivity contribution in [2.24, 2.45) is 5.73 Å². The first-order valence-corrected chi connectivity index (χ1v) is 9.54. The van der Waals surface area contributed by atoms with Gasteiger partial charge in [0.2, 0.25) is 5.54 Å². The Kier molecular flexibility index (Phi) is 5.08. The van der Waals surface area contributed by atoms with E-state index in [0.717, 1.165) is 5.56 Å². The molecule has 0 radical (unpaired) electrons. The van der Waals surface area contributed by atoms with E-state index in [1.807, 2.05) is 6.07 Å². The molecule has 10 heteroatoms. The molecule has 164 valence electrons. The van der Waals surface area contributed by atoms with E-state index >= 15 is 0 Å². The smallest absolute Gasteiger partial charge is 0.406 e. The summed E-state index contributed by atoms with van der Waals surface area (Å²) >= 11 is 0. The number of carbonyl (C=O) groups is 1. The zero-order valence-electron chi connectivity index (χ0n) is 17.1. The molecule has 3 heterocycles. The molecule has 0 saturated carbocycles. The van der Waals surface area contributed by atoms with Crippen LogP contribution in [0.1, 0.15) is 16.7 Å². The number of likely N-dealkylation sites (N-methyl/N-ethyl adjacent to an activating group) is 1. The van der Waals surface area contributed by atoms with Gasteiger partial charge in [-0.2, -0.15) is 0 Å². The van der Waals surface area contributed by atoms with Crippen LogP contribution in [0.4, 0.5) is 13.2 Å². The number of benzene rings is 1. The van der Waals surface area contributed by atoms with Gasteiger partial charge in [-0.3, -0.25) is 25.5 Å². The summed E-state index contributed by atoms with van der Waals surface area (Å²) in [7, 11) is 1.52. The Bertz CT molecular complexity index is 1210. The lowest BCUT2D eigenvalue weighted by Gasteiger charge is -2.25. The van der Waals surface area contributed by atoms with Crippen molar-refractivity contribution in [2.75, 3.05) is 7.05 Å². The highest BCUT2D eigenvalue weighted by Gasteiger charge is 2.54. The van der Waals surface area contributed by atoms with E-state index in [2.05, 4.69) is 19.7 Å². The van der Waals surface area contributed by atoms with Crippen LogP contribution in [0.3, 0.4) is 0 Å². The van der Waals surface area contributed by atoms with Gasteiger partial charge in [0.1, 0.15) is 5.75 Å². The highest BCUT2D eigenvalue weighted by Crippen LogP contribution is 2.34. The minimum atomic E-state index is -4.83. The van der Waals surface area contributed by atoms with Crippen molar-refractivity contribution in [1.82, 2.24) is 14.9 Å². The molecule has 0 bridgehead atoms. The third-order valence-corrected chi connectivity index (χ3v) is 5.29. The minimum Gasteiger partial charge on any atom is -0.406 e. The zero-order chi connectivity index (χ0) is 23.1. The summed E-state index contributed by atoms with van der Waals surface area (Å²) in [4.78, 5) is 26.2. The van der Waals surface area contributed by atoms with Crippen LogP contribution in [-0.4, -0.2) is 40.1 Å². The molecule has 0 fully saturated rings. The van der Waals surface area contributed by atoms with Crippen molar-refractivity contribution in [1.29, 1.82) is 0 Å². The molecule has 0 aliphatic carbocycles. The van der Waals surface area contributed by atoms with Gasteiger partial charge in [-0.15, -0.1) is 13.2 Å². The summed E-state index contributed by atoms with van der Waals surface area (Å²) in [6.45, 7) is 1.47. The second-order valence-corrected chi connectivity index (χ2v) is 7.32. The summed E-state index contributed by atoms with van der Waals surface area (Å²) in [5.41, 5.74) is 7.03. The van der Waals surface area contributed by atoms with E-state index in [-0.39, 0.29) is 23.2 Å². The van der Waals surface area contributed by atoms with Gasteiger partial charge in [-0.25, -0.2) is 4.90 Å². The van der Waals surface area contributed by atoms with Crippen LogP contribution in [0.2, 0.25) is 0 Å². The highest BCUT2D eigenvalue weighted by atomic mass is 19.4. The van der Waals surface area contributed by atoms with Crippen LogP contribution in [0, 0.1) is 6.92 Å². The van der Waals surface area contributed by atoms with Crippen molar-refractivity contribution in [2.45, 2.75) is 18.8 Å². The van der Waals surface area contributed by atoms with Crippen molar-refractivity contribution < 1.29 is 27.7 Å². The van der Waals surface area contributed by atoms with Crippen molar-refractivity contribution in [3.63, 3.8) is 0 Å². The summed E-state index contributed by atoms with van der Waals surface area (Å²) in [5.74, 6) is -0.622. The molecule has 1 atom stereocenters. The van der Waals surface area contributed by atoms with E-state index < -0.39 is 11.9 Å². The van der Waals surface area contributed by atoms with Crippen LogP contribution in [0.5, 0.6) is 5.75 Å². The molecule has 32 heavy (non-hydrogen) atoms. The average molecular weight is 442 g/mol. The van der Waals surface area contributed by atoms with E-state index in [4.69, 9.17) is 5.73 Å². The number of hydrogen-bond acceptors (Lipinski definition) is 5. The fourth-order valence-electron chi connectivity index (χ4n) is 3.71. The maximum Gasteiger partial charge on any atom is 0.573 e. The molecule has 3 aromatic rings. The molecule has 2 aromatic heterocycles. The molecular formula is C22H19F3N5O2+. The van der Waals surface area contributed by atoms with Crippen LogP contribution in [0.15, 0.2) is 61.1 Å². The zero-order valence-corrected chi connectivity index (χ0v) is 17.1. The molecule has 3 N–H and O–H groups in total. The van der Waals surface area contributed by atoms with Gasteiger partial charge in [0.25, 0.3) is 0 Å². The van der Waals surface area contributed by atoms with Gasteiger partial charge in [0, 0.05) is 35.3 Å². The summed E-state index contributed by atoms with van der Waals surface area (Å²) in [5, 5.41) is 0. The van der Waals surface area contributed by atoms with E-state index in [1.54, 1.807) is 36.8 Å². The lowest BCUT2D eigenvalue weighted by atomic mass is 9.82. The Balaban J connectivity index is 1.89. The van der Waals surface area contributed by atoms with Crippen LogP contribution < -0.4 is 15.5 Å². The first kappa shape index (κ1) is 21.3. The molecule has 1 aliphatic rings. The topological polar surface area (TPSA) is 95.3 Å². The van der Waals surface area contributed by atoms with Crippen LogP contribution in [0.25, 0.3) is 11.3 Å². The number of aromatic nitrogens is 2. The second kappa shape index (κ2) is 7.63. The Morgan fingerprint density at radius 2 is 1.88 bits per heavy atom. The first-order valence-electron chi connectivity index (χ1n) is 9.54. The summed E-state index contributed by atoms with van der Waals surface area (Å²) in [6, 6.07) is 11.1. The molecule has 1 unspecified atom stereocenters. The predicted molar refractivity (Wildman–Crippen MR) is 109 cm³/mol. The number of rotatable bonds is 4. The third-order valence-electron chi connectivity index (χ3n) is 5.29. The Morgan fingerprint density at radius 1 is 1.12 bits per heavy atom. The Hall–Kier alpha value is -3.95. The number of amides is 1. The van der Waals surface area contributed by atoms with Gasteiger partial charge in [-0.05, 0) is 48.9 Å². The molecular weight excluding hydrogens is 423 g/mol. The monoisotopic (exact) mass is 442 g/mol. The number of halogens is 3. The molecule has 0 saturated heterocycles. The third kappa shape index (κ3) is 3.64. The number of carbonyl (C=O) groups excluding carboxylic acids is 1. The van der Waals surface area contributed by atoms with Gasteiger partial charge < -0.3 is 4.74 Å². The van der Waals surface area contributed by atoms with Gasteiger partial charge in [-0.1, -0.05) is 6.07 Å². The lowest BCUT2D eigenvalue weighted by Crippen LogP contribution is -2.85. The Morgan fingerprint density at radius 3 is 2.47 bits per heavy atom. The molecule has 7 nitrogen and oxygen atoms in total. The Labute approximate surface area is 181 Å². The number of alkyl halides is 3. The molecule has 1 amide bonds. The number of nitrogens with two attached hydrogens (primary N) is 1. The maximum absolute atomic E-state index is 13.4. The number of pyridine rings is 2. The van der Waals surface area contributed by atoms with Crippen LogP contribution in [-0.2, 0) is 10.3 Å². The lowest BCUT2D eigenvalue weighted by molar-refractivity contribution is -0.525. The van der Waals surface area contributed by atoms with Gasteiger partial charge in [0.05, 0.1) is 12.7 Å². The maximum atomic E-state index is 13.4. The van der Waals surface area contributed by atoms with Crippen molar-refractivity contribution >= 4 is 11.9 Å². The SMILES string of the molecule is Cc1cc(C2(c3ccnc(-c4cccnc4)c3)[NH+]=C(N)N(C)C2=O)ccc1OC(F)(F)F. The van der Waals surface area contributed by atoms with E-state index in [1.165, 1.54) is 37.1 Å². The molecule has 1 aliphatic heterocycles. The number of hydrogen-bond donors (Lipinski definition) is 2. The molecule has 1 aromatic carbocycles. The fraction of sp³-hybridized carbons (Fsp3) is 0.182. The molecule has 0 spiro atoms. The largest absolute Gasteiger partial charge is 0.573 e.